The van der Waals surface area contributed by atoms with Crippen molar-refractivity contribution in [2.75, 3.05) is 26.5 Å². The van der Waals surface area contributed by atoms with Gasteiger partial charge < -0.3 is 10.0 Å². The topological polar surface area (TPSA) is 120 Å². The van der Waals surface area contributed by atoms with Gasteiger partial charge >= 0.3 is 0 Å². The largest absolute Gasteiger partial charge is 0.505 e. The first-order chi connectivity index (χ1) is 13.1. The number of nitrogens with one attached hydrogen (secondary N) is 1. The first-order valence-electron chi connectivity index (χ1n) is 7.96. The van der Waals surface area contributed by atoms with Crippen LogP contribution in [0.25, 0.3) is 5.76 Å². The van der Waals surface area contributed by atoms with Gasteiger partial charge in [-0.2, -0.15) is 0 Å². The van der Waals surface area contributed by atoms with Gasteiger partial charge in [-0.05, 0) is 19.1 Å². The Kier molecular flexibility index (Phi) is 6.41. The smallest absolute Gasteiger partial charge is 0.278 e. The molecule has 1 aliphatic rings. The van der Waals surface area contributed by atoms with Gasteiger partial charge in [0.05, 0.1) is 4.90 Å². The minimum atomic E-state index is -3.90. The molecule has 1 aromatic heterocycles. The van der Waals surface area contributed by atoms with Crippen molar-refractivity contribution in [3.63, 3.8) is 0 Å². The minimum Gasteiger partial charge on any atom is -0.505 e. The molecule has 9 nitrogen and oxygen atoms in total. The second-order valence-corrected chi connectivity index (χ2v) is 9.14. The quantitative estimate of drug-likeness (QED) is 0.723. The van der Waals surface area contributed by atoms with E-state index in [4.69, 9.17) is 0 Å². The van der Waals surface area contributed by atoms with Crippen molar-refractivity contribution in [1.29, 1.82) is 0 Å². The Labute approximate surface area is 167 Å². The van der Waals surface area contributed by atoms with Gasteiger partial charge in [0.1, 0.15) is 0 Å². The number of fused-ring (bicyclic) bond motifs is 1. The van der Waals surface area contributed by atoms with Crippen molar-refractivity contribution in [3.05, 3.63) is 46.6 Å². The maximum absolute atomic E-state index is 12.5. The number of hydrogen-bond donors (Lipinski definition) is 2. The molecular formula is C17H20N4O5S2. The molecule has 0 saturated carbocycles. The van der Waals surface area contributed by atoms with E-state index in [0.717, 1.165) is 15.6 Å². The molecule has 11 heteroatoms. The molecule has 2 amide bonds. The molecule has 2 aromatic rings. The summed E-state index contributed by atoms with van der Waals surface area (Å²) < 4.78 is 25.8. The Morgan fingerprint density at radius 2 is 1.93 bits per heavy atom. The molecule has 2 N–H and O–H groups in total. The fraction of sp³-hybridized carbons (Fsp3) is 0.235. The molecule has 28 heavy (non-hydrogen) atoms. The molecule has 0 spiro atoms. The van der Waals surface area contributed by atoms with Crippen molar-refractivity contribution in [2.45, 2.75) is 11.8 Å². The summed E-state index contributed by atoms with van der Waals surface area (Å²) in [5.41, 5.74) is -0.234. The number of aliphatic hydroxyl groups excluding tert-OH is 1. The molecule has 0 atom stereocenters. The fourth-order valence-corrected chi connectivity index (χ4v) is 4.31. The highest BCUT2D eigenvalue weighted by molar-refractivity contribution is 7.89. The zero-order valence-electron chi connectivity index (χ0n) is 15.7. The fourth-order valence-electron chi connectivity index (χ4n) is 2.25. The van der Waals surface area contributed by atoms with Crippen LogP contribution in [0.3, 0.4) is 0 Å². The average molecular weight is 425 g/mol. The third-order valence-corrected chi connectivity index (χ3v) is 6.23. The van der Waals surface area contributed by atoms with E-state index >= 15 is 0 Å². The molecule has 0 fully saturated rings. The van der Waals surface area contributed by atoms with E-state index in [1.54, 1.807) is 32.4 Å². The minimum absolute atomic E-state index is 0.0401. The maximum Gasteiger partial charge on any atom is 0.278 e. The van der Waals surface area contributed by atoms with E-state index in [1.807, 2.05) is 6.92 Å². The predicted octanol–water partition coefficient (Wildman–Crippen LogP) is 1.66. The van der Waals surface area contributed by atoms with Crippen LogP contribution < -0.4 is 5.32 Å². The van der Waals surface area contributed by atoms with Gasteiger partial charge in [0.15, 0.2) is 16.6 Å². The van der Waals surface area contributed by atoms with Gasteiger partial charge in [0.2, 0.25) is 6.41 Å². The summed E-state index contributed by atoms with van der Waals surface area (Å²) >= 11 is 1.25. The highest BCUT2D eigenvalue weighted by atomic mass is 32.2. The summed E-state index contributed by atoms with van der Waals surface area (Å²) in [5, 5.41) is 13.2. The van der Waals surface area contributed by atoms with E-state index in [1.165, 1.54) is 35.4 Å². The van der Waals surface area contributed by atoms with Crippen molar-refractivity contribution in [1.82, 2.24) is 14.2 Å². The highest BCUT2D eigenvalue weighted by Crippen LogP contribution is 2.34. The van der Waals surface area contributed by atoms with Crippen LogP contribution in [0, 0.1) is 6.92 Å². The predicted molar refractivity (Wildman–Crippen MR) is 106 cm³/mol. The number of likely N-dealkylation sites (N-methyl/N-ethyl adjacent to an activating group) is 1. The number of sulfonamides is 1. The lowest BCUT2D eigenvalue weighted by Crippen LogP contribution is -2.37. The van der Waals surface area contributed by atoms with Crippen LogP contribution >= 0.6 is 11.3 Å². The summed E-state index contributed by atoms with van der Waals surface area (Å²) in [6.07, 6.45) is 2.34. The number of hydrogen-bond acceptors (Lipinski definition) is 7. The summed E-state index contributed by atoms with van der Waals surface area (Å²) in [6, 6.07) is 5.99. The van der Waals surface area contributed by atoms with E-state index in [-0.39, 0.29) is 21.9 Å². The number of amides is 2. The molecule has 0 unspecified atom stereocenters. The van der Waals surface area contributed by atoms with E-state index < -0.39 is 15.9 Å². The first kappa shape index (κ1) is 21.4. The van der Waals surface area contributed by atoms with E-state index in [9.17, 15) is 23.1 Å². The van der Waals surface area contributed by atoms with Crippen molar-refractivity contribution in [2.24, 2.45) is 0 Å². The lowest BCUT2D eigenvalue weighted by atomic mass is 10.1. The van der Waals surface area contributed by atoms with Gasteiger partial charge in [-0.1, -0.05) is 12.1 Å². The van der Waals surface area contributed by atoms with Crippen LogP contribution in [0.4, 0.5) is 5.13 Å². The summed E-state index contributed by atoms with van der Waals surface area (Å²) in [7, 11) is 0.703. The third kappa shape index (κ3) is 4.31. The first-order valence-corrected chi connectivity index (χ1v) is 10.2. The maximum atomic E-state index is 12.5. The number of carbonyl (C=O) groups excluding carboxylic acids is 2. The van der Waals surface area contributed by atoms with Gasteiger partial charge in [0, 0.05) is 37.8 Å². The molecule has 0 radical (unpaired) electrons. The summed E-state index contributed by atoms with van der Waals surface area (Å²) in [5.74, 6) is -1.12. The van der Waals surface area contributed by atoms with Crippen LogP contribution in [0.2, 0.25) is 0 Å². The number of aliphatic hydroxyl groups is 1. The van der Waals surface area contributed by atoms with Gasteiger partial charge in [-0.25, -0.2) is 13.4 Å². The Balaban J connectivity index is 0.000000500. The number of aromatic nitrogens is 1. The van der Waals surface area contributed by atoms with E-state index in [2.05, 4.69) is 10.3 Å². The summed E-state index contributed by atoms with van der Waals surface area (Å²) in [4.78, 5) is 28.2. The monoisotopic (exact) mass is 424 g/mol. The lowest BCUT2D eigenvalue weighted by molar-refractivity contribution is -0.116. The molecule has 0 saturated heterocycles. The van der Waals surface area contributed by atoms with Crippen molar-refractivity contribution < 1.29 is 23.1 Å². The second-order valence-electron chi connectivity index (χ2n) is 5.97. The van der Waals surface area contributed by atoms with Crippen LogP contribution in [-0.2, 0) is 19.6 Å². The van der Waals surface area contributed by atoms with Crippen LogP contribution in [0.1, 0.15) is 10.4 Å². The number of anilines is 1. The number of benzene rings is 1. The van der Waals surface area contributed by atoms with Crippen molar-refractivity contribution in [3.8, 4) is 0 Å². The number of aryl methyl sites for hydroxylation is 1. The number of thiazole rings is 1. The Bertz CT molecular complexity index is 1030. The lowest BCUT2D eigenvalue weighted by Gasteiger charge is -2.28. The van der Waals surface area contributed by atoms with E-state index in [0.29, 0.717) is 5.13 Å². The second kappa shape index (κ2) is 8.40. The molecule has 0 bridgehead atoms. The zero-order chi connectivity index (χ0) is 21.1. The number of carbonyl (C=O) groups is 2. The highest BCUT2D eigenvalue weighted by Gasteiger charge is 2.37. The van der Waals surface area contributed by atoms with Gasteiger partial charge in [-0.15, -0.1) is 11.3 Å². The molecule has 1 aromatic carbocycles. The van der Waals surface area contributed by atoms with Gasteiger partial charge in [-0.3, -0.25) is 19.2 Å². The number of rotatable bonds is 3. The molecule has 1 aliphatic heterocycles. The van der Waals surface area contributed by atoms with Gasteiger partial charge in [0.25, 0.3) is 15.9 Å². The molecule has 2 heterocycles. The van der Waals surface area contributed by atoms with Crippen LogP contribution in [-0.4, -0.2) is 61.2 Å². The zero-order valence-corrected chi connectivity index (χ0v) is 17.3. The average Bonchev–Trinajstić information content (AvgIpc) is 3.05. The van der Waals surface area contributed by atoms with Crippen LogP contribution in [0.15, 0.2) is 41.1 Å². The molecule has 3 rings (SSSR count). The Morgan fingerprint density at radius 1 is 1.32 bits per heavy atom. The van der Waals surface area contributed by atoms with Crippen LogP contribution in [0.5, 0.6) is 0 Å². The molecule has 0 aliphatic carbocycles. The normalized spacial score (nSPS) is 14.5. The SMILES string of the molecule is CN(C)C=O.Cc1cnc(NC(=O)C2=C(O)c3ccccc3S(=O)(=O)N2C)s1. The Morgan fingerprint density at radius 3 is 2.46 bits per heavy atom. The molecule has 150 valence electrons. The Hall–Kier alpha value is -2.92. The third-order valence-electron chi connectivity index (χ3n) is 3.59. The summed E-state index contributed by atoms with van der Waals surface area (Å²) in [6.45, 7) is 1.83. The standard InChI is InChI=1S/C14H13N3O4S2.C3H7NO/c1-8-7-15-14(22-8)16-13(19)11-12(18)9-5-3-4-6-10(9)23(20,21)17(11)2;1-4(2)3-5/h3-7,18H,1-2H3,(H,15,16,19);3H,1-2H3. The number of nitrogens with zero attached hydrogens (tertiary/aromatic N) is 3. The van der Waals surface area contributed by atoms with Crippen molar-refractivity contribution >= 4 is 44.6 Å². The molecular weight excluding hydrogens is 404 g/mol.